The second-order valence-corrected chi connectivity index (χ2v) is 7.80. The lowest BCUT2D eigenvalue weighted by Crippen LogP contribution is -2.25. The summed E-state index contributed by atoms with van der Waals surface area (Å²) >= 11 is 0. The van der Waals surface area contributed by atoms with E-state index < -0.39 is 27.8 Å². The first-order valence-electron chi connectivity index (χ1n) is 7.56. The van der Waals surface area contributed by atoms with Gasteiger partial charge in [0.15, 0.2) is 15.9 Å². The van der Waals surface area contributed by atoms with Gasteiger partial charge in [0.2, 0.25) is 5.78 Å². The summed E-state index contributed by atoms with van der Waals surface area (Å²) in [5.41, 5.74) is 1.30. The lowest BCUT2D eigenvalue weighted by molar-refractivity contribution is -0.146. The summed E-state index contributed by atoms with van der Waals surface area (Å²) in [7, 11) is -3.21. The number of H-pyrrole nitrogens is 1. The van der Waals surface area contributed by atoms with E-state index in [1.807, 2.05) is 24.3 Å². The summed E-state index contributed by atoms with van der Waals surface area (Å²) < 4.78 is 27.9. The summed E-state index contributed by atoms with van der Waals surface area (Å²) in [6.45, 7) is 1.52. The van der Waals surface area contributed by atoms with Crippen LogP contribution in [0.25, 0.3) is 10.9 Å². The molecule has 0 saturated carbocycles. The average Bonchev–Trinajstić information content (AvgIpc) is 3.09. The van der Waals surface area contributed by atoms with Crippen molar-refractivity contribution in [3.63, 3.8) is 0 Å². The maximum absolute atomic E-state index is 12.5. The van der Waals surface area contributed by atoms with Crippen molar-refractivity contribution >= 4 is 32.5 Å². The second kappa shape index (κ2) is 6.24. The average molecular weight is 347 g/mol. The quantitative estimate of drug-likeness (QED) is 0.661. The van der Waals surface area contributed by atoms with Gasteiger partial charge in [-0.2, -0.15) is 0 Å². The molecule has 0 saturated heterocycles. The Morgan fingerprint density at radius 1 is 1.33 bits per heavy atom. The van der Waals surface area contributed by atoms with Crippen molar-refractivity contribution in [2.45, 2.75) is 19.4 Å². The number of aromatic nitrogens is 1. The number of ether oxygens (including phenoxy) is 1. The van der Waals surface area contributed by atoms with Crippen molar-refractivity contribution in [3.8, 4) is 0 Å². The lowest BCUT2D eigenvalue weighted by atomic mass is 10.1. The van der Waals surface area contributed by atoms with Crippen molar-refractivity contribution in [1.29, 1.82) is 0 Å². The van der Waals surface area contributed by atoms with Crippen LogP contribution in [0.2, 0.25) is 0 Å². The van der Waals surface area contributed by atoms with E-state index in [-0.39, 0.29) is 18.0 Å². The van der Waals surface area contributed by atoms with E-state index in [9.17, 15) is 18.0 Å². The van der Waals surface area contributed by atoms with Gasteiger partial charge in [0.1, 0.15) is 0 Å². The Hall–Kier alpha value is -2.41. The smallest absolute Gasteiger partial charge is 0.307 e. The van der Waals surface area contributed by atoms with Crippen LogP contribution in [-0.2, 0) is 19.4 Å². The van der Waals surface area contributed by atoms with E-state index in [4.69, 9.17) is 4.74 Å². The van der Waals surface area contributed by atoms with Crippen LogP contribution in [0.3, 0.4) is 0 Å². The molecule has 126 valence electrons. The lowest BCUT2D eigenvalue weighted by Gasteiger charge is -2.13. The molecule has 0 unspecified atom stereocenters. The molecule has 0 amide bonds. The third-order valence-electron chi connectivity index (χ3n) is 3.97. The summed E-state index contributed by atoms with van der Waals surface area (Å²) in [6, 6.07) is 7.37. The number of Topliss-reactive ketones (excluding diaryl/α,β-unsaturated/α-hetero) is 1. The highest BCUT2D eigenvalue weighted by molar-refractivity contribution is 7.94. The molecule has 1 aromatic carbocycles. The Balaban J connectivity index is 1.64. The fraction of sp³-hybridized carbons (Fsp3) is 0.294. The molecule has 0 bridgehead atoms. The maximum Gasteiger partial charge on any atom is 0.307 e. The van der Waals surface area contributed by atoms with Gasteiger partial charge >= 0.3 is 5.97 Å². The van der Waals surface area contributed by atoms with Gasteiger partial charge < -0.3 is 9.72 Å². The maximum atomic E-state index is 12.5. The number of carbonyl (C=O) groups is 2. The molecule has 2 atom stereocenters. The molecule has 1 aliphatic heterocycles. The minimum absolute atomic E-state index is 0.0543. The van der Waals surface area contributed by atoms with Crippen molar-refractivity contribution < 1.29 is 22.7 Å². The van der Waals surface area contributed by atoms with Gasteiger partial charge in [0.25, 0.3) is 0 Å². The van der Waals surface area contributed by atoms with Crippen LogP contribution in [0.5, 0.6) is 0 Å². The molecule has 6 nitrogen and oxygen atoms in total. The molecular formula is C17H17NO5S. The highest BCUT2D eigenvalue weighted by Crippen LogP contribution is 2.22. The zero-order valence-corrected chi connectivity index (χ0v) is 13.9. The van der Waals surface area contributed by atoms with Gasteiger partial charge in [-0.25, -0.2) is 8.42 Å². The van der Waals surface area contributed by atoms with Crippen LogP contribution in [0.4, 0.5) is 0 Å². The van der Waals surface area contributed by atoms with Crippen molar-refractivity contribution in [1.82, 2.24) is 4.98 Å². The van der Waals surface area contributed by atoms with E-state index in [0.717, 1.165) is 16.3 Å². The largest absolute Gasteiger partial charge is 0.454 e. The Labute approximate surface area is 139 Å². The van der Waals surface area contributed by atoms with Gasteiger partial charge in [-0.05, 0) is 13.0 Å². The minimum atomic E-state index is -3.21. The summed E-state index contributed by atoms with van der Waals surface area (Å²) in [4.78, 5) is 27.4. The number of esters is 1. The molecule has 2 heterocycles. The number of nitrogens with one attached hydrogen (secondary N) is 1. The molecule has 24 heavy (non-hydrogen) atoms. The van der Waals surface area contributed by atoms with Crippen LogP contribution in [0.1, 0.15) is 23.7 Å². The van der Waals surface area contributed by atoms with Crippen molar-refractivity contribution in [2.24, 2.45) is 5.92 Å². The van der Waals surface area contributed by atoms with Gasteiger partial charge in [0.05, 0.1) is 12.2 Å². The fourth-order valence-corrected chi connectivity index (χ4v) is 4.17. The number of ketones is 1. The molecule has 0 fully saturated rings. The summed E-state index contributed by atoms with van der Waals surface area (Å²) in [5.74, 6) is -1.36. The Morgan fingerprint density at radius 2 is 2.08 bits per heavy atom. The van der Waals surface area contributed by atoms with E-state index in [1.54, 1.807) is 6.20 Å². The van der Waals surface area contributed by atoms with Gasteiger partial charge in [-0.3, -0.25) is 9.59 Å². The number of allylic oxidation sites excluding steroid dienone is 1. The topological polar surface area (TPSA) is 93.3 Å². The molecule has 0 radical (unpaired) electrons. The molecule has 0 spiro atoms. The van der Waals surface area contributed by atoms with E-state index in [0.29, 0.717) is 5.56 Å². The van der Waals surface area contributed by atoms with Crippen LogP contribution in [-0.4, -0.2) is 37.0 Å². The molecule has 0 aliphatic carbocycles. The standard InChI is InChI=1S/C17H17NO5S/c1-11(23-16(19)8-12-6-7-24(21,22)10-12)17(20)14-9-18-15-5-3-2-4-13(14)15/h2-7,9,11-12,18H,8,10H2,1H3/t11-,12+/m1/s1. The predicted octanol–water partition coefficient (Wildman–Crippen LogP) is 2.23. The Kier molecular flexibility index (Phi) is 4.28. The second-order valence-electron chi connectivity index (χ2n) is 5.87. The van der Waals surface area contributed by atoms with E-state index in [2.05, 4.69) is 4.98 Å². The summed E-state index contributed by atoms with van der Waals surface area (Å²) in [5, 5.41) is 1.89. The molecule has 1 aromatic heterocycles. The summed E-state index contributed by atoms with van der Waals surface area (Å²) in [6.07, 6.45) is 2.10. The van der Waals surface area contributed by atoms with Crippen LogP contribution in [0, 0.1) is 5.92 Å². The van der Waals surface area contributed by atoms with E-state index in [1.165, 1.54) is 13.0 Å². The SMILES string of the molecule is C[C@@H](OC(=O)C[C@@H]1C=CS(=O)(=O)C1)C(=O)c1c[nH]c2ccccc12. The number of rotatable bonds is 5. The Morgan fingerprint density at radius 3 is 2.79 bits per heavy atom. The number of hydrogen-bond acceptors (Lipinski definition) is 5. The van der Waals surface area contributed by atoms with Gasteiger partial charge in [0, 0.05) is 34.0 Å². The first-order valence-corrected chi connectivity index (χ1v) is 9.28. The van der Waals surface area contributed by atoms with Gasteiger partial charge in [-0.15, -0.1) is 0 Å². The zero-order valence-electron chi connectivity index (χ0n) is 13.1. The van der Waals surface area contributed by atoms with E-state index >= 15 is 0 Å². The third kappa shape index (κ3) is 3.41. The van der Waals surface area contributed by atoms with Gasteiger partial charge in [-0.1, -0.05) is 24.3 Å². The zero-order chi connectivity index (χ0) is 17.3. The number of para-hydroxylation sites is 1. The number of aromatic amines is 1. The predicted molar refractivity (Wildman–Crippen MR) is 89.2 cm³/mol. The number of hydrogen-bond donors (Lipinski definition) is 1. The molecule has 1 aliphatic rings. The first kappa shape index (κ1) is 16.4. The highest BCUT2D eigenvalue weighted by Gasteiger charge is 2.27. The molecule has 1 N–H and O–H groups in total. The van der Waals surface area contributed by atoms with Crippen LogP contribution < -0.4 is 0 Å². The molecule has 7 heteroatoms. The molecular weight excluding hydrogens is 330 g/mol. The number of sulfone groups is 1. The van der Waals surface area contributed by atoms with Crippen molar-refractivity contribution in [3.05, 3.63) is 47.5 Å². The Bertz CT molecular complexity index is 925. The van der Waals surface area contributed by atoms with Crippen molar-refractivity contribution in [2.75, 3.05) is 5.75 Å². The van der Waals surface area contributed by atoms with Crippen LogP contribution >= 0.6 is 0 Å². The molecule has 2 aromatic rings. The van der Waals surface area contributed by atoms with Crippen LogP contribution in [0.15, 0.2) is 41.9 Å². The monoisotopic (exact) mass is 347 g/mol. The fourth-order valence-electron chi connectivity index (χ4n) is 2.77. The molecule has 3 rings (SSSR count). The normalized spacial score (nSPS) is 20.1. The number of benzene rings is 1. The third-order valence-corrected chi connectivity index (χ3v) is 5.43. The number of carbonyl (C=O) groups excluding carboxylic acids is 2. The highest BCUT2D eigenvalue weighted by atomic mass is 32.2. The number of fused-ring (bicyclic) bond motifs is 1. The first-order chi connectivity index (χ1) is 11.4. The minimum Gasteiger partial charge on any atom is -0.454 e.